The molecule has 0 spiro atoms. The molecule has 1 aromatic carbocycles. The summed E-state index contributed by atoms with van der Waals surface area (Å²) in [6, 6.07) is 5.52. The van der Waals surface area contributed by atoms with Crippen molar-refractivity contribution in [2.45, 2.75) is 26.2 Å². The minimum absolute atomic E-state index is 0.0195. The second-order valence-corrected chi connectivity index (χ2v) is 6.82. The molecule has 1 aliphatic heterocycles. The van der Waals surface area contributed by atoms with Crippen molar-refractivity contribution < 1.29 is 14.3 Å². The third-order valence-corrected chi connectivity index (χ3v) is 4.96. The zero-order valence-electron chi connectivity index (χ0n) is 13.6. The van der Waals surface area contributed by atoms with Crippen molar-refractivity contribution in [2.75, 3.05) is 20.8 Å². The lowest BCUT2D eigenvalue weighted by Gasteiger charge is -2.13. The third kappa shape index (κ3) is 4.26. The molecule has 0 saturated carbocycles. The van der Waals surface area contributed by atoms with Crippen molar-refractivity contribution in [2.24, 2.45) is 0 Å². The second-order valence-electron chi connectivity index (χ2n) is 5.15. The van der Waals surface area contributed by atoms with E-state index in [2.05, 4.69) is 6.92 Å². The highest BCUT2D eigenvalue weighted by Crippen LogP contribution is 2.35. The SMILES string of the molecule is CCCCCN1C(=O)/C(=C\c2ccc(OC)cc2OC)SC1=S. The molecule has 4 nitrogen and oxygen atoms in total. The Morgan fingerprint density at radius 3 is 2.70 bits per heavy atom. The Kier molecular flexibility index (Phi) is 6.47. The number of thioether (sulfide) groups is 1. The van der Waals surface area contributed by atoms with Crippen LogP contribution in [-0.2, 0) is 4.79 Å². The molecule has 0 aromatic heterocycles. The van der Waals surface area contributed by atoms with Crippen LogP contribution in [0.4, 0.5) is 0 Å². The van der Waals surface area contributed by atoms with E-state index in [9.17, 15) is 4.79 Å². The lowest BCUT2D eigenvalue weighted by Crippen LogP contribution is -2.28. The molecule has 124 valence electrons. The van der Waals surface area contributed by atoms with Crippen LogP contribution in [0, 0.1) is 0 Å². The molecule has 1 heterocycles. The summed E-state index contributed by atoms with van der Waals surface area (Å²) in [4.78, 5) is 14.8. The number of carbonyl (C=O) groups is 1. The van der Waals surface area contributed by atoms with Crippen molar-refractivity contribution in [3.63, 3.8) is 0 Å². The highest BCUT2D eigenvalue weighted by atomic mass is 32.2. The number of hydrogen-bond acceptors (Lipinski definition) is 5. The molecule has 0 atom stereocenters. The molecule has 1 amide bonds. The fraction of sp³-hybridized carbons (Fsp3) is 0.412. The highest BCUT2D eigenvalue weighted by Gasteiger charge is 2.31. The first kappa shape index (κ1) is 17.8. The average molecular weight is 351 g/mol. The zero-order valence-corrected chi connectivity index (χ0v) is 15.3. The Morgan fingerprint density at radius 1 is 1.26 bits per heavy atom. The number of ether oxygens (including phenoxy) is 2. The molecular formula is C17H21NO3S2. The van der Waals surface area contributed by atoms with Crippen molar-refractivity contribution in [1.29, 1.82) is 0 Å². The number of thiocarbonyl (C=S) groups is 1. The summed E-state index contributed by atoms with van der Waals surface area (Å²) in [5.74, 6) is 1.36. The molecule has 1 aromatic rings. The van der Waals surface area contributed by atoms with Gasteiger partial charge in [-0.2, -0.15) is 0 Å². The number of amides is 1. The Balaban J connectivity index is 2.20. The van der Waals surface area contributed by atoms with Crippen molar-refractivity contribution in [3.05, 3.63) is 28.7 Å². The third-order valence-electron chi connectivity index (χ3n) is 3.59. The number of hydrogen-bond donors (Lipinski definition) is 0. The van der Waals surface area contributed by atoms with Crippen LogP contribution in [0.15, 0.2) is 23.1 Å². The summed E-state index contributed by atoms with van der Waals surface area (Å²) in [5, 5.41) is 0. The van der Waals surface area contributed by atoms with Crippen LogP contribution >= 0.6 is 24.0 Å². The highest BCUT2D eigenvalue weighted by molar-refractivity contribution is 8.26. The van der Waals surface area contributed by atoms with Crippen LogP contribution < -0.4 is 9.47 Å². The smallest absolute Gasteiger partial charge is 0.266 e. The standard InChI is InChI=1S/C17H21NO3S2/c1-4-5-6-9-18-16(19)15(23-17(18)22)10-12-7-8-13(20-2)11-14(12)21-3/h7-8,10-11H,4-6,9H2,1-3H3/b15-10+. The molecule has 6 heteroatoms. The Hall–Kier alpha value is -1.53. The first-order valence-electron chi connectivity index (χ1n) is 7.58. The molecule has 0 unspecified atom stereocenters. The maximum Gasteiger partial charge on any atom is 0.266 e. The Morgan fingerprint density at radius 2 is 2.04 bits per heavy atom. The predicted octanol–water partition coefficient (Wildman–Crippen LogP) is 4.10. The Bertz CT molecular complexity index is 628. The van der Waals surface area contributed by atoms with Crippen molar-refractivity contribution in [1.82, 2.24) is 4.90 Å². The van der Waals surface area contributed by atoms with E-state index in [1.165, 1.54) is 11.8 Å². The van der Waals surface area contributed by atoms with Crippen LogP contribution in [-0.4, -0.2) is 35.9 Å². The number of nitrogens with zero attached hydrogens (tertiary/aromatic N) is 1. The first-order chi connectivity index (χ1) is 11.1. The molecule has 0 radical (unpaired) electrons. The van der Waals surface area contributed by atoms with Gasteiger partial charge in [-0.3, -0.25) is 9.69 Å². The molecule has 1 aliphatic rings. The molecule has 0 bridgehead atoms. The van der Waals surface area contributed by atoms with Crippen LogP contribution in [0.5, 0.6) is 11.5 Å². The van der Waals surface area contributed by atoms with E-state index in [0.29, 0.717) is 27.3 Å². The van der Waals surface area contributed by atoms with Crippen LogP contribution in [0.1, 0.15) is 31.7 Å². The molecule has 23 heavy (non-hydrogen) atoms. The summed E-state index contributed by atoms with van der Waals surface area (Å²) in [6.07, 6.45) is 5.02. The molecule has 0 N–H and O–H groups in total. The summed E-state index contributed by atoms with van der Waals surface area (Å²) in [7, 11) is 3.21. The van der Waals surface area contributed by atoms with E-state index >= 15 is 0 Å². The van der Waals surface area contributed by atoms with Crippen LogP contribution in [0.3, 0.4) is 0 Å². The van der Waals surface area contributed by atoms with E-state index in [4.69, 9.17) is 21.7 Å². The van der Waals surface area contributed by atoms with E-state index < -0.39 is 0 Å². The topological polar surface area (TPSA) is 38.8 Å². The normalized spacial score (nSPS) is 16.3. The fourth-order valence-corrected chi connectivity index (χ4v) is 3.59. The quantitative estimate of drug-likeness (QED) is 0.420. The van der Waals surface area contributed by atoms with Gasteiger partial charge in [-0.1, -0.05) is 43.7 Å². The van der Waals surface area contributed by atoms with Gasteiger partial charge >= 0.3 is 0 Å². The minimum Gasteiger partial charge on any atom is -0.497 e. The number of unbranched alkanes of at least 4 members (excludes halogenated alkanes) is 2. The maximum absolute atomic E-state index is 12.5. The molecule has 1 saturated heterocycles. The number of methoxy groups -OCH3 is 2. The van der Waals surface area contributed by atoms with E-state index in [0.717, 1.165) is 24.8 Å². The summed E-state index contributed by atoms with van der Waals surface area (Å²) < 4.78 is 11.2. The van der Waals surface area contributed by atoms with Crippen molar-refractivity contribution >= 4 is 40.3 Å². The zero-order chi connectivity index (χ0) is 16.8. The minimum atomic E-state index is -0.0195. The van der Waals surface area contributed by atoms with Gasteiger partial charge in [0.05, 0.1) is 19.1 Å². The van der Waals surface area contributed by atoms with Crippen LogP contribution in [0.25, 0.3) is 6.08 Å². The van der Waals surface area contributed by atoms with Crippen LogP contribution in [0.2, 0.25) is 0 Å². The summed E-state index contributed by atoms with van der Waals surface area (Å²) >= 11 is 6.68. The van der Waals surface area contributed by atoms with E-state index in [1.807, 2.05) is 18.2 Å². The second kappa shape index (κ2) is 8.36. The monoisotopic (exact) mass is 351 g/mol. The lowest BCUT2D eigenvalue weighted by atomic mass is 10.1. The largest absolute Gasteiger partial charge is 0.497 e. The average Bonchev–Trinajstić information content (AvgIpc) is 2.82. The summed E-state index contributed by atoms with van der Waals surface area (Å²) in [5.41, 5.74) is 0.836. The van der Waals surface area contributed by atoms with Crippen molar-refractivity contribution in [3.8, 4) is 11.5 Å². The maximum atomic E-state index is 12.5. The van der Waals surface area contributed by atoms with Gasteiger partial charge in [-0.25, -0.2) is 0 Å². The van der Waals surface area contributed by atoms with Gasteiger partial charge in [0.2, 0.25) is 0 Å². The lowest BCUT2D eigenvalue weighted by molar-refractivity contribution is -0.122. The number of benzene rings is 1. The predicted molar refractivity (Wildman–Crippen MR) is 99.0 cm³/mol. The van der Waals surface area contributed by atoms with E-state index in [1.54, 1.807) is 25.2 Å². The fourth-order valence-electron chi connectivity index (χ4n) is 2.29. The number of carbonyl (C=O) groups excluding carboxylic acids is 1. The van der Waals surface area contributed by atoms with Gasteiger partial charge in [0.15, 0.2) is 0 Å². The van der Waals surface area contributed by atoms with Gasteiger partial charge in [-0.05, 0) is 24.6 Å². The first-order valence-corrected chi connectivity index (χ1v) is 8.80. The van der Waals surface area contributed by atoms with Gasteiger partial charge in [0, 0.05) is 18.2 Å². The van der Waals surface area contributed by atoms with Gasteiger partial charge in [0.25, 0.3) is 5.91 Å². The molecular weight excluding hydrogens is 330 g/mol. The van der Waals surface area contributed by atoms with Gasteiger partial charge in [-0.15, -0.1) is 0 Å². The Labute approximate surface area is 146 Å². The van der Waals surface area contributed by atoms with Gasteiger partial charge < -0.3 is 9.47 Å². The van der Waals surface area contributed by atoms with Gasteiger partial charge in [0.1, 0.15) is 15.8 Å². The molecule has 2 rings (SSSR count). The number of rotatable bonds is 7. The molecule has 0 aliphatic carbocycles. The molecule has 1 fully saturated rings. The summed E-state index contributed by atoms with van der Waals surface area (Å²) in [6.45, 7) is 2.83. The van der Waals surface area contributed by atoms with E-state index in [-0.39, 0.29) is 5.91 Å².